The topological polar surface area (TPSA) is 139 Å². The van der Waals surface area contributed by atoms with E-state index in [4.69, 9.17) is 10.3 Å². The maximum Gasteiger partial charge on any atom is 0.286 e. The zero-order valence-corrected chi connectivity index (χ0v) is 7.20. The van der Waals surface area contributed by atoms with Crippen molar-refractivity contribution in [2.45, 2.75) is 25.0 Å². The molecule has 0 aliphatic heterocycles. The van der Waals surface area contributed by atoms with Crippen molar-refractivity contribution in [1.29, 1.82) is 0 Å². The smallest absolute Gasteiger partial charge is 0.286 e. The van der Waals surface area contributed by atoms with Gasteiger partial charge in [0.1, 0.15) is 6.61 Å². The van der Waals surface area contributed by atoms with Gasteiger partial charge >= 0.3 is 0 Å². The Morgan fingerprint density at radius 3 is 2.07 bits per heavy atom. The molecule has 9 heteroatoms. The molecule has 0 fully saturated rings. The summed E-state index contributed by atoms with van der Waals surface area (Å²) in [5, 5.41) is 37.2. The van der Waals surface area contributed by atoms with E-state index >= 15 is 0 Å². The van der Waals surface area contributed by atoms with Crippen molar-refractivity contribution in [3.8, 4) is 0 Å². The lowest BCUT2D eigenvalue weighted by Gasteiger charge is -2.08. The summed E-state index contributed by atoms with van der Waals surface area (Å²) in [6.07, 6.45) is -1.85. The summed E-state index contributed by atoms with van der Waals surface area (Å²) >= 11 is 0. The summed E-state index contributed by atoms with van der Waals surface area (Å²) in [7, 11) is 0. The Bertz CT molecular complexity index is 188. The third-order valence-corrected chi connectivity index (χ3v) is 1.69. The van der Waals surface area contributed by atoms with Gasteiger partial charge in [-0.25, -0.2) is 0 Å². The third-order valence-electron chi connectivity index (χ3n) is 1.69. The molecule has 0 radical (unpaired) electrons. The summed E-state index contributed by atoms with van der Waals surface area (Å²) in [4.78, 5) is 18.8. The predicted molar refractivity (Wildman–Crippen MR) is 42.8 cm³/mol. The van der Waals surface area contributed by atoms with Crippen molar-refractivity contribution < 1.29 is 20.2 Å². The Hall–Kier alpha value is -1.32. The Morgan fingerprint density at radius 2 is 1.79 bits per heavy atom. The lowest BCUT2D eigenvalue weighted by Crippen LogP contribution is -2.36. The second-order valence-corrected chi connectivity index (χ2v) is 2.63. The van der Waals surface area contributed by atoms with E-state index in [-0.39, 0.29) is 12.8 Å². The molecule has 0 aromatic heterocycles. The van der Waals surface area contributed by atoms with Gasteiger partial charge in [0.05, 0.1) is 0 Å². The summed E-state index contributed by atoms with van der Waals surface area (Å²) in [5.74, 6) is 0. The van der Waals surface area contributed by atoms with Crippen molar-refractivity contribution in [3.63, 3.8) is 0 Å². The van der Waals surface area contributed by atoms with Gasteiger partial charge in [-0.1, -0.05) is 0 Å². The van der Waals surface area contributed by atoms with Crippen molar-refractivity contribution in [1.82, 2.24) is 5.48 Å². The maximum atomic E-state index is 10.2. The molecule has 0 heterocycles. The minimum absolute atomic E-state index is 0.178. The largest absolute Gasteiger partial charge is 0.389 e. The van der Waals surface area contributed by atoms with Crippen LogP contribution in [-0.4, -0.2) is 39.0 Å². The van der Waals surface area contributed by atoms with Crippen LogP contribution in [0.3, 0.4) is 0 Å². The zero-order valence-electron chi connectivity index (χ0n) is 7.20. The molecule has 0 aromatic carbocycles. The van der Waals surface area contributed by atoms with E-state index < -0.39 is 28.7 Å². The van der Waals surface area contributed by atoms with Crippen molar-refractivity contribution in [2.24, 2.45) is 0 Å². The van der Waals surface area contributed by atoms with E-state index in [1.54, 1.807) is 0 Å². The Kier molecular flexibility index (Phi) is 5.60. The molecule has 2 unspecified atom stereocenters. The van der Waals surface area contributed by atoms with Crippen LogP contribution >= 0.6 is 0 Å². The van der Waals surface area contributed by atoms with Crippen LogP contribution in [0.2, 0.25) is 0 Å². The first-order chi connectivity index (χ1) is 6.52. The van der Waals surface area contributed by atoms with E-state index in [1.165, 1.54) is 5.48 Å². The fraction of sp³-hybridized carbons (Fsp3) is 1.00. The first-order valence-corrected chi connectivity index (χ1v) is 3.80. The molecule has 3 N–H and O–H groups in total. The molecule has 0 spiro atoms. The van der Waals surface area contributed by atoms with Crippen LogP contribution in [0.5, 0.6) is 0 Å². The van der Waals surface area contributed by atoms with E-state index in [0.717, 1.165) is 0 Å². The van der Waals surface area contributed by atoms with E-state index in [9.17, 15) is 20.2 Å². The van der Waals surface area contributed by atoms with E-state index in [2.05, 4.69) is 0 Å². The number of nitro groups is 2. The molecule has 0 bridgehead atoms. The molecule has 0 saturated heterocycles. The minimum atomic E-state index is -1.44. The van der Waals surface area contributed by atoms with Crippen LogP contribution in [0, 0.1) is 20.2 Å². The molecule has 82 valence electrons. The molecule has 0 rings (SSSR count). The number of hydrogen-bond acceptors (Lipinski definition) is 7. The Morgan fingerprint density at radius 1 is 1.21 bits per heavy atom. The summed E-state index contributed by atoms with van der Waals surface area (Å²) < 4.78 is 0. The molecular weight excluding hydrogens is 198 g/mol. The molecule has 9 nitrogen and oxygen atoms in total. The van der Waals surface area contributed by atoms with Gasteiger partial charge < -0.3 is 10.3 Å². The molecule has 0 saturated carbocycles. The van der Waals surface area contributed by atoms with Crippen molar-refractivity contribution in [3.05, 3.63) is 20.2 Å². The normalized spacial score (nSPS) is 14.7. The van der Waals surface area contributed by atoms with Crippen LogP contribution in [0.1, 0.15) is 12.8 Å². The van der Waals surface area contributed by atoms with Gasteiger partial charge in [-0.05, 0) is 0 Å². The van der Waals surface area contributed by atoms with Crippen LogP contribution in [0.15, 0.2) is 0 Å². The van der Waals surface area contributed by atoms with Crippen LogP contribution in [0.4, 0.5) is 0 Å². The molecular formula is C5H11N3O6. The summed E-state index contributed by atoms with van der Waals surface area (Å²) in [6, 6.07) is -1.23. The number of rotatable bonds is 7. The second kappa shape index (κ2) is 6.18. The minimum Gasteiger partial charge on any atom is -0.389 e. The number of aliphatic hydroxyl groups is 1. The average Bonchev–Trinajstić information content (AvgIpc) is 2.11. The van der Waals surface area contributed by atoms with Gasteiger partial charge in [0, 0.05) is 22.7 Å². The molecule has 0 aliphatic rings. The van der Waals surface area contributed by atoms with Crippen LogP contribution in [-0.2, 0) is 0 Å². The molecule has 14 heavy (non-hydrogen) atoms. The highest BCUT2D eigenvalue weighted by Gasteiger charge is 2.25. The lowest BCUT2D eigenvalue weighted by atomic mass is 10.1. The fourth-order valence-electron chi connectivity index (χ4n) is 0.831. The number of hydrogen-bond donors (Lipinski definition) is 3. The quantitative estimate of drug-likeness (QED) is 0.277. The van der Waals surface area contributed by atoms with Gasteiger partial charge in [0.25, 0.3) is 6.17 Å². The monoisotopic (exact) mass is 209 g/mol. The van der Waals surface area contributed by atoms with Crippen LogP contribution in [0.25, 0.3) is 0 Å². The predicted octanol–water partition coefficient (Wildman–Crippen LogP) is -1.01. The summed E-state index contributed by atoms with van der Waals surface area (Å²) in [6.45, 7) is -0.678. The van der Waals surface area contributed by atoms with Crippen LogP contribution < -0.4 is 5.48 Å². The first kappa shape index (κ1) is 12.7. The standard InChI is InChI=1S/C5H11N3O6/c9-3-4(7(11)12)1-2-5(6-10)8(13)14/h4-6,9-10H,1-3H2. The number of hydroxylamine groups is 1. The van der Waals surface area contributed by atoms with Gasteiger partial charge in [0.2, 0.25) is 6.04 Å². The van der Waals surface area contributed by atoms with Gasteiger partial charge in [0.15, 0.2) is 0 Å². The van der Waals surface area contributed by atoms with Crippen molar-refractivity contribution in [2.75, 3.05) is 6.61 Å². The molecule has 2 atom stereocenters. The van der Waals surface area contributed by atoms with E-state index in [1.807, 2.05) is 0 Å². The van der Waals surface area contributed by atoms with Gasteiger partial charge in [-0.15, -0.1) is 5.48 Å². The number of nitrogens with zero attached hydrogens (tertiary/aromatic N) is 2. The Balaban J connectivity index is 4.00. The lowest BCUT2D eigenvalue weighted by molar-refractivity contribution is -0.550. The first-order valence-electron chi connectivity index (χ1n) is 3.80. The van der Waals surface area contributed by atoms with Gasteiger partial charge in [-0.2, -0.15) is 0 Å². The highest BCUT2D eigenvalue weighted by atomic mass is 16.6. The highest BCUT2D eigenvalue weighted by molar-refractivity contribution is 4.57. The highest BCUT2D eigenvalue weighted by Crippen LogP contribution is 2.04. The second-order valence-electron chi connectivity index (χ2n) is 2.63. The average molecular weight is 209 g/mol. The summed E-state index contributed by atoms with van der Waals surface area (Å²) in [5.41, 5.74) is 1.42. The van der Waals surface area contributed by atoms with Crippen molar-refractivity contribution >= 4 is 0 Å². The molecule has 0 amide bonds. The Labute approximate surface area is 78.6 Å². The maximum absolute atomic E-state index is 10.2. The number of nitrogens with one attached hydrogen (secondary N) is 1. The molecule has 0 aromatic rings. The zero-order chi connectivity index (χ0) is 11.1. The molecule has 0 aliphatic carbocycles. The fourth-order valence-corrected chi connectivity index (χ4v) is 0.831. The SMILES string of the molecule is O=[N+]([O-])C(CO)CCC(NO)[N+](=O)[O-]. The van der Waals surface area contributed by atoms with Gasteiger partial charge in [-0.3, -0.25) is 20.2 Å². The number of aliphatic hydroxyl groups excluding tert-OH is 1. The van der Waals surface area contributed by atoms with E-state index in [0.29, 0.717) is 0 Å². The third kappa shape index (κ3) is 4.07.